The van der Waals surface area contributed by atoms with Crippen LogP contribution in [-0.4, -0.2) is 66.3 Å². The van der Waals surface area contributed by atoms with Crippen molar-refractivity contribution >= 4 is 23.2 Å². The number of rotatable bonds is 7. The topological polar surface area (TPSA) is 43.9 Å². The highest BCUT2D eigenvalue weighted by molar-refractivity contribution is 7.07. The Balaban J connectivity index is 1.39. The molecule has 0 aliphatic carbocycles. The van der Waals surface area contributed by atoms with Gasteiger partial charge in [-0.3, -0.25) is 14.5 Å². The maximum Gasteiger partial charge on any atom is 0.242 e. The van der Waals surface area contributed by atoms with Crippen LogP contribution in [0.3, 0.4) is 0 Å². The molecule has 2 aromatic rings. The van der Waals surface area contributed by atoms with Crippen molar-refractivity contribution in [2.45, 2.75) is 19.4 Å². The summed E-state index contributed by atoms with van der Waals surface area (Å²) in [5.41, 5.74) is 2.48. The molecule has 0 atom stereocenters. The number of aryl methyl sites for hydroxylation is 1. The van der Waals surface area contributed by atoms with Crippen LogP contribution in [0, 0.1) is 0 Å². The molecule has 1 aliphatic heterocycles. The van der Waals surface area contributed by atoms with Crippen molar-refractivity contribution in [3.05, 3.63) is 58.3 Å². The maximum absolute atomic E-state index is 12.5. The molecular weight excluding hydrogens is 358 g/mol. The summed E-state index contributed by atoms with van der Waals surface area (Å²) in [6, 6.07) is 12.4. The SMILES string of the molecule is CN(CC(=O)N1CCN(Cc2ccccc2)CC1)C(=O)CCc1ccsc1. The Morgan fingerprint density at radius 2 is 1.78 bits per heavy atom. The smallest absolute Gasteiger partial charge is 0.242 e. The van der Waals surface area contributed by atoms with Gasteiger partial charge in [0.2, 0.25) is 11.8 Å². The first-order chi connectivity index (χ1) is 13.1. The van der Waals surface area contributed by atoms with Gasteiger partial charge in [-0.25, -0.2) is 0 Å². The monoisotopic (exact) mass is 385 g/mol. The maximum atomic E-state index is 12.5. The Hall–Kier alpha value is -2.18. The van der Waals surface area contributed by atoms with E-state index in [2.05, 4.69) is 34.5 Å². The van der Waals surface area contributed by atoms with Crippen LogP contribution in [0.25, 0.3) is 0 Å². The minimum atomic E-state index is 0.0252. The number of hydrogen-bond donors (Lipinski definition) is 0. The first kappa shape index (κ1) is 19.6. The van der Waals surface area contributed by atoms with Gasteiger partial charge in [0.25, 0.3) is 0 Å². The molecule has 2 amide bonds. The highest BCUT2D eigenvalue weighted by Crippen LogP contribution is 2.11. The van der Waals surface area contributed by atoms with E-state index < -0.39 is 0 Å². The molecule has 1 aromatic heterocycles. The van der Waals surface area contributed by atoms with E-state index in [1.54, 1.807) is 23.3 Å². The third kappa shape index (κ3) is 5.91. The normalized spacial score (nSPS) is 14.9. The lowest BCUT2D eigenvalue weighted by Crippen LogP contribution is -2.51. The van der Waals surface area contributed by atoms with Crippen molar-refractivity contribution in [2.75, 3.05) is 39.8 Å². The van der Waals surface area contributed by atoms with E-state index in [-0.39, 0.29) is 18.4 Å². The second-order valence-electron chi connectivity index (χ2n) is 7.02. The molecule has 144 valence electrons. The first-order valence-corrected chi connectivity index (χ1v) is 10.3. The second-order valence-corrected chi connectivity index (χ2v) is 7.80. The Morgan fingerprint density at radius 3 is 2.44 bits per heavy atom. The summed E-state index contributed by atoms with van der Waals surface area (Å²) >= 11 is 1.64. The van der Waals surface area contributed by atoms with E-state index in [1.807, 2.05) is 22.4 Å². The highest BCUT2D eigenvalue weighted by atomic mass is 32.1. The molecule has 27 heavy (non-hydrogen) atoms. The van der Waals surface area contributed by atoms with Gasteiger partial charge in [0.05, 0.1) is 6.54 Å². The molecule has 2 heterocycles. The first-order valence-electron chi connectivity index (χ1n) is 9.41. The Morgan fingerprint density at radius 1 is 1.04 bits per heavy atom. The Bertz CT molecular complexity index is 725. The molecule has 6 heteroatoms. The summed E-state index contributed by atoms with van der Waals surface area (Å²) in [4.78, 5) is 30.6. The van der Waals surface area contributed by atoms with Gasteiger partial charge in [-0.15, -0.1) is 0 Å². The van der Waals surface area contributed by atoms with Crippen LogP contribution in [0.15, 0.2) is 47.2 Å². The van der Waals surface area contributed by atoms with Gasteiger partial charge in [-0.1, -0.05) is 30.3 Å². The lowest BCUT2D eigenvalue weighted by molar-refractivity contribution is -0.140. The van der Waals surface area contributed by atoms with Crippen molar-refractivity contribution in [1.82, 2.24) is 14.7 Å². The lowest BCUT2D eigenvalue weighted by atomic mass is 10.2. The van der Waals surface area contributed by atoms with Crippen molar-refractivity contribution in [1.29, 1.82) is 0 Å². The zero-order valence-electron chi connectivity index (χ0n) is 15.8. The number of carbonyl (C=O) groups excluding carboxylic acids is 2. The number of thiophene rings is 1. The van der Waals surface area contributed by atoms with Crippen LogP contribution < -0.4 is 0 Å². The van der Waals surface area contributed by atoms with Gasteiger partial charge in [0.1, 0.15) is 0 Å². The fourth-order valence-corrected chi connectivity index (χ4v) is 3.97. The fraction of sp³-hybridized carbons (Fsp3) is 0.429. The average molecular weight is 386 g/mol. The van der Waals surface area contributed by atoms with Crippen LogP contribution in [0.1, 0.15) is 17.5 Å². The number of amides is 2. The summed E-state index contributed by atoms with van der Waals surface area (Å²) < 4.78 is 0. The van der Waals surface area contributed by atoms with Gasteiger partial charge in [0.15, 0.2) is 0 Å². The predicted octanol–water partition coefficient (Wildman–Crippen LogP) is 2.48. The molecular formula is C21H27N3O2S. The van der Waals surface area contributed by atoms with Gasteiger partial charge < -0.3 is 9.80 Å². The number of piperazine rings is 1. The molecule has 1 aromatic carbocycles. The molecule has 5 nitrogen and oxygen atoms in total. The zero-order valence-corrected chi connectivity index (χ0v) is 16.7. The van der Waals surface area contributed by atoms with E-state index in [0.717, 1.165) is 39.1 Å². The van der Waals surface area contributed by atoms with E-state index >= 15 is 0 Å². The molecule has 0 saturated carbocycles. The summed E-state index contributed by atoms with van der Waals surface area (Å²) in [6.45, 7) is 4.28. The van der Waals surface area contributed by atoms with Gasteiger partial charge in [-0.05, 0) is 34.4 Å². The van der Waals surface area contributed by atoms with Crippen LogP contribution in [0.4, 0.5) is 0 Å². The van der Waals surface area contributed by atoms with Crippen LogP contribution in [0.5, 0.6) is 0 Å². The summed E-state index contributed by atoms with van der Waals surface area (Å²) in [7, 11) is 1.72. The lowest BCUT2D eigenvalue weighted by Gasteiger charge is -2.35. The van der Waals surface area contributed by atoms with Crippen LogP contribution >= 0.6 is 11.3 Å². The number of nitrogens with zero attached hydrogens (tertiary/aromatic N) is 3. The number of carbonyl (C=O) groups is 2. The van der Waals surface area contributed by atoms with Crippen molar-refractivity contribution in [3.63, 3.8) is 0 Å². The molecule has 0 bridgehead atoms. The minimum absolute atomic E-state index is 0.0252. The van der Waals surface area contributed by atoms with Gasteiger partial charge in [0, 0.05) is 46.2 Å². The van der Waals surface area contributed by atoms with E-state index in [4.69, 9.17) is 0 Å². The largest absolute Gasteiger partial charge is 0.339 e. The van der Waals surface area contributed by atoms with Gasteiger partial charge in [-0.2, -0.15) is 11.3 Å². The van der Waals surface area contributed by atoms with E-state index in [0.29, 0.717) is 6.42 Å². The molecule has 3 rings (SSSR count). The molecule has 0 unspecified atom stereocenters. The van der Waals surface area contributed by atoms with Crippen molar-refractivity contribution < 1.29 is 9.59 Å². The number of hydrogen-bond acceptors (Lipinski definition) is 4. The number of benzene rings is 1. The van der Waals surface area contributed by atoms with Crippen LogP contribution in [-0.2, 0) is 22.6 Å². The van der Waals surface area contributed by atoms with E-state index in [9.17, 15) is 9.59 Å². The quantitative estimate of drug-likeness (QED) is 0.736. The zero-order chi connectivity index (χ0) is 19.1. The minimum Gasteiger partial charge on any atom is -0.339 e. The molecule has 1 fully saturated rings. The number of likely N-dealkylation sites (N-methyl/N-ethyl adjacent to an activating group) is 1. The molecule has 1 saturated heterocycles. The third-order valence-electron chi connectivity index (χ3n) is 4.98. The molecule has 0 N–H and O–H groups in total. The van der Waals surface area contributed by atoms with Crippen molar-refractivity contribution in [2.24, 2.45) is 0 Å². The second kappa shape index (κ2) is 9.67. The van der Waals surface area contributed by atoms with Crippen molar-refractivity contribution in [3.8, 4) is 0 Å². The standard InChI is InChI=1S/C21H27N3O2S/c1-22(20(25)8-7-19-9-14-27-17-19)16-21(26)24-12-10-23(11-13-24)15-18-5-3-2-4-6-18/h2-6,9,14,17H,7-8,10-13,15-16H2,1H3. The van der Waals surface area contributed by atoms with Crippen LogP contribution in [0.2, 0.25) is 0 Å². The molecule has 0 radical (unpaired) electrons. The highest BCUT2D eigenvalue weighted by Gasteiger charge is 2.23. The summed E-state index contributed by atoms with van der Waals surface area (Å²) in [5.74, 6) is 0.0676. The predicted molar refractivity (Wildman–Crippen MR) is 109 cm³/mol. The van der Waals surface area contributed by atoms with Gasteiger partial charge >= 0.3 is 0 Å². The fourth-order valence-electron chi connectivity index (χ4n) is 3.27. The average Bonchev–Trinajstić information content (AvgIpc) is 3.21. The Labute approximate surface area is 165 Å². The Kier molecular flexibility index (Phi) is 7.01. The summed E-state index contributed by atoms with van der Waals surface area (Å²) in [5, 5.41) is 4.08. The summed E-state index contributed by atoms with van der Waals surface area (Å²) in [6.07, 6.45) is 1.18. The molecule has 1 aliphatic rings. The molecule has 0 spiro atoms. The van der Waals surface area contributed by atoms with E-state index in [1.165, 1.54) is 11.1 Å². The third-order valence-corrected chi connectivity index (χ3v) is 5.71.